The minimum atomic E-state index is -1.12. The molecule has 0 unspecified atom stereocenters. The maximum atomic E-state index is 11.9. The molecule has 20 heavy (non-hydrogen) atoms. The van der Waals surface area contributed by atoms with Crippen LogP contribution in [0.2, 0.25) is 0 Å². The maximum Gasteiger partial charge on any atom is 0.358 e. The summed E-state index contributed by atoms with van der Waals surface area (Å²) in [6, 6.07) is -0.171. The van der Waals surface area contributed by atoms with Crippen LogP contribution in [0.15, 0.2) is 6.20 Å². The van der Waals surface area contributed by atoms with Crippen LogP contribution in [-0.2, 0) is 6.54 Å². The van der Waals surface area contributed by atoms with Gasteiger partial charge in [0.1, 0.15) is 0 Å². The molecule has 0 fully saturated rings. The first kappa shape index (κ1) is 15.9. The molecule has 0 radical (unpaired) electrons. The van der Waals surface area contributed by atoms with Crippen molar-refractivity contribution in [2.24, 2.45) is 0 Å². The summed E-state index contributed by atoms with van der Waals surface area (Å²) in [5, 5.41) is 18.6. The number of carboxylic acids is 1. The van der Waals surface area contributed by atoms with E-state index in [1.807, 2.05) is 20.8 Å². The highest BCUT2D eigenvalue weighted by molar-refractivity contribution is 5.84. The Morgan fingerprint density at radius 2 is 2.15 bits per heavy atom. The summed E-state index contributed by atoms with van der Waals surface area (Å²) in [6.45, 7) is 6.72. The number of nitrogens with zero attached hydrogens (tertiary/aromatic N) is 4. The first-order chi connectivity index (χ1) is 9.27. The average molecular weight is 283 g/mol. The van der Waals surface area contributed by atoms with Gasteiger partial charge in [0, 0.05) is 19.1 Å². The Bertz CT molecular complexity index is 483. The normalized spacial score (nSPS) is 11.2. The monoisotopic (exact) mass is 283 g/mol. The van der Waals surface area contributed by atoms with Crippen LogP contribution in [-0.4, -0.2) is 56.1 Å². The number of amides is 2. The van der Waals surface area contributed by atoms with Gasteiger partial charge in [-0.2, -0.15) is 0 Å². The van der Waals surface area contributed by atoms with Gasteiger partial charge in [0.2, 0.25) is 0 Å². The molecule has 0 saturated carbocycles. The van der Waals surface area contributed by atoms with Gasteiger partial charge < -0.3 is 15.3 Å². The quantitative estimate of drug-likeness (QED) is 0.804. The molecular formula is C12H21N5O3. The molecule has 2 N–H and O–H groups in total. The van der Waals surface area contributed by atoms with Crippen LogP contribution in [0.1, 0.15) is 37.7 Å². The molecule has 112 valence electrons. The third kappa shape index (κ3) is 3.94. The van der Waals surface area contributed by atoms with Crippen LogP contribution < -0.4 is 5.32 Å². The van der Waals surface area contributed by atoms with E-state index < -0.39 is 5.97 Å². The molecule has 0 spiro atoms. The number of aromatic carboxylic acids is 1. The smallest absolute Gasteiger partial charge is 0.358 e. The third-order valence-corrected chi connectivity index (χ3v) is 3.45. The molecule has 1 aromatic heterocycles. The van der Waals surface area contributed by atoms with Gasteiger partial charge in [0.05, 0.1) is 12.7 Å². The van der Waals surface area contributed by atoms with Crippen molar-refractivity contribution in [3.63, 3.8) is 0 Å². The Morgan fingerprint density at radius 1 is 1.50 bits per heavy atom. The highest BCUT2D eigenvalue weighted by Crippen LogP contribution is 2.15. The van der Waals surface area contributed by atoms with E-state index in [2.05, 4.69) is 15.6 Å². The first-order valence-corrected chi connectivity index (χ1v) is 6.43. The van der Waals surface area contributed by atoms with Gasteiger partial charge in [-0.3, -0.25) is 0 Å². The third-order valence-electron chi connectivity index (χ3n) is 3.45. The fraction of sp³-hybridized carbons (Fsp3) is 0.667. The summed E-state index contributed by atoms with van der Waals surface area (Å²) >= 11 is 0. The number of carbonyl (C=O) groups is 2. The Labute approximate surface area is 117 Å². The largest absolute Gasteiger partial charge is 0.476 e. The van der Waals surface area contributed by atoms with Crippen molar-refractivity contribution in [2.45, 2.75) is 39.3 Å². The first-order valence-electron chi connectivity index (χ1n) is 6.43. The number of hydrogen-bond acceptors (Lipinski definition) is 4. The van der Waals surface area contributed by atoms with Gasteiger partial charge in [-0.1, -0.05) is 12.1 Å². The lowest BCUT2D eigenvalue weighted by molar-refractivity contribution is 0.0690. The Morgan fingerprint density at radius 3 is 2.65 bits per heavy atom. The van der Waals surface area contributed by atoms with Gasteiger partial charge in [0.15, 0.2) is 5.69 Å². The fourth-order valence-corrected chi connectivity index (χ4v) is 1.41. The van der Waals surface area contributed by atoms with E-state index in [0.717, 1.165) is 6.42 Å². The lowest BCUT2D eigenvalue weighted by atomic mass is 10.0. The molecule has 2 amide bonds. The highest BCUT2D eigenvalue weighted by Gasteiger charge is 2.25. The molecule has 0 bridgehead atoms. The number of carboxylic acid groups (broad SMARTS) is 1. The fourth-order valence-electron chi connectivity index (χ4n) is 1.41. The van der Waals surface area contributed by atoms with Crippen molar-refractivity contribution in [1.82, 2.24) is 25.2 Å². The van der Waals surface area contributed by atoms with Crippen LogP contribution in [0.4, 0.5) is 4.79 Å². The Hall–Kier alpha value is -2.12. The van der Waals surface area contributed by atoms with E-state index in [-0.39, 0.29) is 17.3 Å². The number of aromatic nitrogens is 3. The van der Waals surface area contributed by atoms with E-state index in [4.69, 9.17) is 5.11 Å². The van der Waals surface area contributed by atoms with Gasteiger partial charge >= 0.3 is 12.0 Å². The molecule has 0 aliphatic heterocycles. The van der Waals surface area contributed by atoms with Gasteiger partial charge in [0.25, 0.3) is 0 Å². The van der Waals surface area contributed by atoms with Crippen molar-refractivity contribution in [3.05, 3.63) is 11.9 Å². The zero-order chi connectivity index (χ0) is 15.3. The molecule has 1 aromatic rings. The maximum absolute atomic E-state index is 11.9. The van der Waals surface area contributed by atoms with E-state index >= 15 is 0 Å². The van der Waals surface area contributed by atoms with Crippen molar-refractivity contribution in [2.75, 3.05) is 13.6 Å². The van der Waals surface area contributed by atoms with Crippen LogP contribution >= 0.6 is 0 Å². The van der Waals surface area contributed by atoms with E-state index in [1.54, 1.807) is 11.9 Å². The number of carbonyl (C=O) groups excluding carboxylic acids is 1. The second-order valence-electron chi connectivity index (χ2n) is 5.13. The number of nitrogens with one attached hydrogen (secondary N) is 1. The van der Waals surface area contributed by atoms with Crippen LogP contribution in [0.25, 0.3) is 0 Å². The molecule has 0 saturated heterocycles. The van der Waals surface area contributed by atoms with E-state index in [0.29, 0.717) is 13.1 Å². The zero-order valence-electron chi connectivity index (χ0n) is 12.3. The molecule has 1 heterocycles. The summed E-state index contributed by atoms with van der Waals surface area (Å²) in [4.78, 5) is 24.2. The van der Waals surface area contributed by atoms with Crippen molar-refractivity contribution < 1.29 is 14.7 Å². The predicted molar refractivity (Wildman–Crippen MR) is 72.5 cm³/mol. The standard InChI is InChI=1S/C12H21N5O3/c1-5-12(2,3)16(4)11(20)13-6-7-17-8-9(10(18)19)14-15-17/h8H,5-7H2,1-4H3,(H,13,20)(H,18,19). The summed E-state index contributed by atoms with van der Waals surface area (Å²) in [5.74, 6) is -1.12. The second-order valence-corrected chi connectivity index (χ2v) is 5.13. The topological polar surface area (TPSA) is 100 Å². The van der Waals surface area contributed by atoms with E-state index in [1.165, 1.54) is 10.9 Å². The summed E-state index contributed by atoms with van der Waals surface area (Å²) in [7, 11) is 1.75. The summed E-state index contributed by atoms with van der Waals surface area (Å²) in [5.41, 5.74) is -0.325. The van der Waals surface area contributed by atoms with Crippen molar-refractivity contribution in [3.8, 4) is 0 Å². The van der Waals surface area contributed by atoms with Crippen molar-refractivity contribution in [1.29, 1.82) is 0 Å². The lowest BCUT2D eigenvalue weighted by Crippen LogP contribution is -2.49. The number of rotatable bonds is 6. The number of hydrogen-bond donors (Lipinski definition) is 2. The van der Waals surface area contributed by atoms with Gasteiger partial charge in [-0.05, 0) is 20.3 Å². The molecule has 0 atom stereocenters. The van der Waals surface area contributed by atoms with Crippen LogP contribution in [0, 0.1) is 0 Å². The Kier molecular flexibility index (Phi) is 5.06. The molecule has 0 aliphatic rings. The minimum absolute atomic E-state index is 0.111. The zero-order valence-corrected chi connectivity index (χ0v) is 12.3. The minimum Gasteiger partial charge on any atom is -0.476 e. The van der Waals surface area contributed by atoms with Crippen LogP contribution in [0.3, 0.4) is 0 Å². The molecule has 8 heteroatoms. The second kappa shape index (κ2) is 6.36. The van der Waals surface area contributed by atoms with E-state index in [9.17, 15) is 9.59 Å². The number of urea groups is 1. The predicted octanol–water partition coefficient (Wildman–Crippen LogP) is 0.806. The molecule has 1 rings (SSSR count). The average Bonchev–Trinajstić information content (AvgIpc) is 2.86. The lowest BCUT2D eigenvalue weighted by Gasteiger charge is -2.34. The van der Waals surface area contributed by atoms with Crippen LogP contribution in [0.5, 0.6) is 0 Å². The van der Waals surface area contributed by atoms with Crippen molar-refractivity contribution >= 4 is 12.0 Å². The SMILES string of the molecule is CCC(C)(C)N(C)C(=O)NCCn1cc(C(=O)O)nn1. The molecule has 0 aliphatic carbocycles. The molecule has 0 aromatic carbocycles. The summed E-state index contributed by atoms with van der Waals surface area (Å²) < 4.78 is 1.38. The molecular weight excluding hydrogens is 262 g/mol. The van der Waals surface area contributed by atoms with Gasteiger partial charge in [-0.15, -0.1) is 5.10 Å². The highest BCUT2D eigenvalue weighted by atomic mass is 16.4. The Balaban J connectivity index is 2.44. The summed E-state index contributed by atoms with van der Waals surface area (Å²) in [6.07, 6.45) is 2.18. The molecule has 8 nitrogen and oxygen atoms in total. The van der Waals surface area contributed by atoms with Gasteiger partial charge in [-0.25, -0.2) is 14.3 Å².